The number of benzene rings is 1. The van der Waals surface area contributed by atoms with Crippen molar-refractivity contribution in [3.63, 3.8) is 0 Å². The molecule has 1 saturated heterocycles. The van der Waals surface area contributed by atoms with Crippen molar-refractivity contribution in [2.75, 3.05) is 26.0 Å². The van der Waals surface area contributed by atoms with Crippen LogP contribution < -0.4 is 4.74 Å². The predicted molar refractivity (Wildman–Crippen MR) is 89.2 cm³/mol. The molecule has 9 heteroatoms. The summed E-state index contributed by atoms with van der Waals surface area (Å²) in [5, 5.41) is -0.376. The van der Waals surface area contributed by atoms with Gasteiger partial charge in [-0.15, -0.1) is 0 Å². The quantitative estimate of drug-likeness (QED) is 0.750. The van der Waals surface area contributed by atoms with E-state index in [9.17, 15) is 16.8 Å². The van der Waals surface area contributed by atoms with Crippen molar-refractivity contribution in [1.29, 1.82) is 0 Å². The molecule has 23 heavy (non-hydrogen) atoms. The van der Waals surface area contributed by atoms with Gasteiger partial charge >= 0.3 is 0 Å². The van der Waals surface area contributed by atoms with E-state index >= 15 is 0 Å². The Morgan fingerprint density at radius 3 is 2.39 bits per heavy atom. The van der Waals surface area contributed by atoms with Gasteiger partial charge in [-0.25, -0.2) is 16.8 Å². The maximum Gasteiger partial charge on any atom is 0.246 e. The van der Waals surface area contributed by atoms with Crippen LogP contribution in [0.25, 0.3) is 0 Å². The zero-order valence-corrected chi connectivity index (χ0v) is 15.6. The lowest BCUT2D eigenvalue weighted by Gasteiger charge is -2.37. The Morgan fingerprint density at radius 2 is 1.87 bits per heavy atom. The second-order valence-corrected chi connectivity index (χ2v) is 10.6. The Hall–Kier alpha value is -0.830. The number of rotatable bonds is 6. The predicted octanol–water partition coefficient (Wildman–Crippen LogP) is 1.79. The minimum absolute atomic E-state index is 0.0127. The fourth-order valence-electron chi connectivity index (χ4n) is 2.42. The molecule has 1 aromatic carbocycles. The van der Waals surface area contributed by atoms with Gasteiger partial charge < -0.3 is 4.74 Å². The normalized spacial score (nSPS) is 17.3. The Kier molecular flexibility index (Phi) is 5.30. The van der Waals surface area contributed by atoms with Gasteiger partial charge in [-0.3, -0.25) is 0 Å². The monoisotopic (exact) mass is 381 g/mol. The van der Waals surface area contributed by atoms with Crippen LogP contribution in [0.5, 0.6) is 5.75 Å². The van der Waals surface area contributed by atoms with Crippen molar-refractivity contribution in [2.45, 2.75) is 24.0 Å². The highest BCUT2D eigenvalue weighted by Gasteiger charge is 2.44. The lowest BCUT2D eigenvalue weighted by Crippen LogP contribution is -2.57. The molecule has 1 fully saturated rings. The summed E-state index contributed by atoms with van der Waals surface area (Å²) in [6, 6.07) is 4.32. The number of hydrogen-bond acceptors (Lipinski definition) is 5. The van der Waals surface area contributed by atoms with Crippen molar-refractivity contribution in [2.24, 2.45) is 5.92 Å². The van der Waals surface area contributed by atoms with Gasteiger partial charge in [0.2, 0.25) is 10.0 Å². The Labute approximate surface area is 142 Å². The highest BCUT2D eigenvalue weighted by Crippen LogP contribution is 2.33. The first-order chi connectivity index (χ1) is 10.6. The lowest BCUT2D eigenvalue weighted by atomic mass is 10.3. The fraction of sp³-hybridized carbons (Fsp3) is 0.571. The molecule has 6 nitrogen and oxygen atoms in total. The lowest BCUT2D eigenvalue weighted by molar-refractivity contribution is 0.307. The summed E-state index contributed by atoms with van der Waals surface area (Å²) in [4.78, 5) is -0.0489. The number of hydrogen-bond donors (Lipinski definition) is 0. The average Bonchev–Trinajstić information content (AvgIpc) is 2.34. The molecule has 1 heterocycles. The third-order valence-electron chi connectivity index (χ3n) is 3.63. The number of methoxy groups -OCH3 is 1. The zero-order valence-electron chi connectivity index (χ0n) is 13.2. The Bertz CT molecular complexity index is 783. The van der Waals surface area contributed by atoms with E-state index in [1.165, 1.54) is 25.3 Å². The Balaban J connectivity index is 2.21. The smallest absolute Gasteiger partial charge is 0.246 e. The van der Waals surface area contributed by atoms with Crippen LogP contribution in [0, 0.1) is 5.92 Å². The molecule has 1 aliphatic rings. The van der Waals surface area contributed by atoms with E-state index in [2.05, 4.69) is 0 Å². The highest BCUT2D eigenvalue weighted by molar-refractivity contribution is 7.92. The van der Waals surface area contributed by atoms with Crippen LogP contribution in [-0.4, -0.2) is 52.3 Å². The van der Waals surface area contributed by atoms with Gasteiger partial charge in [0.15, 0.2) is 9.84 Å². The molecular formula is C14H20ClNO5S2. The molecule has 2 rings (SSSR count). The molecule has 0 saturated carbocycles. The molecule has 0 aliphatic carbocycles. The van der Waals surface area contributed by atoms with Crippen LogP contribution in [0.15, 0.2) is 23.1 Å². The molecule has 130 valence electrons. The summed E-state index contributed by atoms with van der Waals surface area (Å²) in [5.74, 6) is 0.257. The molecule has 0 amide bonds. The summed E-state index contributed by atoms with van der Waals surface area (Å²) >= 11 is 5.87. The van der Waals surface area contributed by atoms with Gasteiger partial charge in [-0.2, -0.15) is 4.31 Å². The summed E-state index contributed by atoms with van der Waals surface area (Å²) in [5.41, 5.74) is 0. The molecule has 0 spiro atoms. The minimum Gasteiger partial charge on any atom is -0.495 e. The molecule has 1 aliphatic heterocycles. The van der Waals surface area contributed by atoms with Crippen LogP contribution in [0.2, 0.25) is 5.02 Å². The van der Waals surface area contributed by atoms with Crippen LogP contribution in [0.4, 0.5) is 0 Å². The van der Waals surface area contributed by atoms with E-state index in [0.717, 1.165) is 4.31 Å². The molecular weight excluding hydrogens is 362 g/mol. The van der Waals surface area contributed by atoms with Gasteiger partial charge in [0.05, 0.1) is 18.1 Å². The van der Waals surface area contributed by atoms with E-state index in [1.54, 1.807) is 0 Å². The summed E-state index contributed by atoms with van der Waals surface area (Å²) < 4.78 is 55.8. The van der Waals surface area contributed by atoms with Gasteiger partial charge in [-0.05, 0) is 24.1 Å². The minimum atomic E-state index is -3.83. The maximum absolute atomic E-state index is 12.6. The third kappa shape index (κ3) is 3.81. The van der Waals surface area contributed by atoms with E-state index in [1.807, 2.05) is 13.8 Å². The van der Waals surface area contributed by atoms with Gasteiger partial charge in [0.25, 0.3) is 0 Å². The standard InChI is InChI=1S/C14H20ClNO5S2/c1-10(2)9-22(17,18)12-7-16(8-12)23(19,20)14-6-11(15)4-5-13(14)21-3/h4-6,10,12H,7-9H2,1-3H3. The van der Waals surface area contributed by atoms with Gasteiger partial charge in [-0.1, -0.05) is 25.4 Å². The number of sulfonamides is 1. The first kappa shape index (κ1) is 18.5. The van der Waals surface area contributed by atoms with Crippen LogP contribution in [0.1, 0.15) is 13.8 Å². The first-order valence-corrected chi connectivity index (χ1v) is 10.7. The van der Waals surface area contributed by atoms with Crippen LogP contribution >= 0.6 is 11.6 Å². The largest absolute Gasteiger partial charge is 0.495 e. The van der Waals surface area contributed by atoms with Crippen molar-refractivity contribution in [3.8, 4) is 5.75 Å². The summed E-state index contributed by atoms with van der Waals surface area (Å²) in [6.45, 7) is 3.57. The molecule has 0 N–H and O–H groups in total. The molecule has 0 atom stereocenters. The maximum atomic E-state index is 12.6. The first-order valence-electron chi connectivity index (χ1n) is 7.13. The van der Waals surface area contributed by atoms with Crippen molar-refractivity contribution >= 4 is 31.5 Å². The second kappa shape index (κ2) is 6.58. The third-order valence-corrected chi connectivity index (χ3v) is 8.16. The number of sulfone groups is 1. The summed E-state index contributed by atoms with van der Waals surface area (Å²) in [7, 11) is -5.75. The molecule has 0 radical (unpaired) electrons. The Morgan fingerprint density at radius 1 is 1.26 bits per heavy atom. The number of ether oxygens (including phenoxy) is 1. The van der Waals surface area contributed by atoms with Crippen molar-refractivity contribution < 1.29 is 21.6 Å². The van der Waals surface area contributed by atoms with E-state index in [-0.39, 0.29) is 40.4 Å². The van der Waals surface area contributed by atoms with Crippen LogP contribution in [-0.2, 0) is 19.9 Å². The van der Waals surface area contributed by atoms with Gasteiger partial charge in [0, 0.05) is 18.1 Å². The average molecular weight is 382 g/mol. The van der Waals surface area contributed by atoms with Gasteiger partial charge in [0.1, 0.15) is 10.6 Å². The highest BCUT2D eigenvalue weighted by atomic mass is 35.5. The fourth-order valence-corrected chi connectivity index (χ4v) is 6.57. The zero-order chi connectivity index (χ0) is 17.4. The van der Waals surface area contributed by atoms with Crippen molar-refractivity contribution in [3.05, 3.63) is 23.2 Å². The van der Waals surface area contributed by atoms with E-state index < -0.39 is 25.1 Å². The number of halogens is 1. The molecule has 1 aromatic rings. The summed E-state index contributed by atoms with van der Waals surface area (Å²) in [6.07, 6.45) is 0. The van der Waals surface area contributed by atoms with E-state index in [0.29, 0.717) is 0 Å². The second-order valence-electron chi connectivity index (χ2n) is 5.96. The van der Waals surface area contributed by atoms with Crippen LogP contribution in [0.3, 0.4) is 0 Å². The topological polar surface area (TPSA) is 80.8 Å². The SMILES string of the molecule is COc1ccc(Cl)cc1S(=O)(=O)N1CC(S(=O)(=O)CC(C)C)C1. The van der Waals surface area contributed by atoms with E-state index in [4.69, 9.17) is 16.3 Å². The molecule has 0 aromatic heterocycles. The number of nitrogens with zero attached hydrogens (tertiary/aromatic N) is 1. The van der Waals surface area contributed by atoms with Crippen molar-refractivity contribution in [1.82, 2.24) is 4.31 Å². The molecule has 0 bridgehead atoms. The molecule has 0 unspecified atom stereocenters.